The standard InChI is InChI=1S/C27H33NO/c1-2-3-4-5-6-7-8-13-22-28-25(20-18-23-14-9-11-16-26(23)28)21-19-24-15-10-12-17-27(24)29/h9-12,14-21H,2-8,13,22H2,1H3/p+1. The molecule has 0 saturated heterocycles. The number of aromatic hydroxyl groups is 1. The molecule has 0 aliphatic rings. The maximum Gasteiger partial charge on any atom is 0.212 e. The lowest BCUT2D eigenvalue weighted by molar-refractivity contribution is -0.673. The Hall–Kier alpha value is -2.61. The van der Waals surface area contributed by atoms with Crippen LogP contribution < -0.4 is 4.57 Å². The second-order valence-corrected chi connectivity index (χ2v) is 7.84. The minimum atomic E-state index is 0.319. The van der Waals surface area contributed by atoms with E-state index in [2.05, 4.69) is 54.0 Å². The lowest BCUT2D eigenvalue weighted by atomic mass is 10.1. The maximum absolute atomic E-state index is 10.0. The van der Waals surface area contributed by atoms with Gasteiger partial charge in [-0.25, -0.2) is 0 Å². The van der Waals surface area contributed by atoms with E-state index >= 15 is 0 Å². The van der Waals surface area contributed by atoms with Crippen molar-refractivity contribution in [2.24, 2.45) is 0 Å². The number of benzene rings is 2. The summed E-state index contributed by atoms with van der Waals surface area (Å²) >= 11 is 0. The number of fused-ring (bicyclic) bond motifs is 1. The van der Waals surface area contributed by atoms with Gasteiger partial charge in [0.25, 0.3) is 0 Å². The first-order chi connectivity index (χ1) is 14.3. The van der Waals surface area contributed by atoms with E-state index in [-0.39, 0.29) is 0 Å². The number of rotatable bonds is 11. The molecule has 0 aliphatic heterocycles. The second-order valence-electron chi connectivity index (χ2n) is 7.84. The smallest absolute Gasteiger partial charge is 0.212 e. The number of para-hydroxylation sites is 2. The number of unbranched alkanes of at least 4 members (excludes halogenated alkanes) is 7. The first kappa shape index (κ1) is 21.1. The highest BCUT2D eigenvalue weighted by Crippen LogP contribution is 2.19. The molecule has 1 aromatic heterocycles. The van der Waals surface area contributed by atoms with Crippen molar-refractivity contribution >= 4 is 23.1 Å². The highest BCUT2D eigenvalue weighted by molar-refractivity contribution is 5.77. The first-order valence-corrected chi connectivity index (χ1v) is 11.2. The van der Waals surface area contributed by atoms with E-state index in [9.17, 15) is 5.11 Å². The summed E-state index contributed by atoms with van der Waals surface area (Å²) in [5.41, 5.74) is 3.30. The van der Waals surface area contributed by atoms with Crippen LogP contribution in [0.25, 0.3) is 23.1 Å². The van der Waals surface area contributed by atoms with Crippen LogP contribution in [0.4, 0.5) is 0 Å². The molecule has 152 valence electrons. The Balaban J connectivity index is 1.70. The summed E-state index contributed by atoms with van der Waals surface area (Å²) in [5.74, 6) is 0.319. The van der Waals surface area contributed by atoms with Gasteiger partial charge in [-0.3, -0.25) is 0 Å². The SMILES string of the molecule is CCCCCCCCCC[n+]1c(/C=C/c2ccccc2O)ccc2ccccc21. The molecule has 0 aliphatic carbocycles. The highest BCUT2D eigenvalue weighted by atomic mass is 16.3. The number of phenolic OH excluding ortho intramolecular Hbond substituents is 1. The third-order valence-corrected chi connectivity index (χ3v) is 5.58. The van der Waals surface area contributed by atoms with Gasteiger partial charge >= 0.3 is 0 Å². The van der Waals surface area contributed by atoms with Crippen LogP contribution in [0.5, 0.6) is 5.75 Å². The monoisotopic (exact) mass is 388 g/mol. The van der Waals surface area contributed by atoms with Crippen LogP contribution in [0.3, 0.4) is 0 Å². The summed E-state index contributed by atoms with van der Waals surface area (Å²) in [5, 5.41) is 11.3. The van der Waals surface area contributed by atoms with Crippen molar-refractivity contribution in [1.82, 2.24) is 0 Å². The van der Waals surface area contributed by atoms with Crippen LogP contribution in [-0.4, -0.2) is 5.11 Å². The Kier molecular flexibility index (Phi) is 8.30. The zero-order valence-electron chi connectivity index (χ0n) is 17.7. The number of pyridine rings is 1. The molecular formula is C27H34NO+. The van der Waals surface area contributed by atoms with Crippen molar-refractivity contribution < 1.29 is 9.67 Å². The fourth-order valence-electron chi connectivity index (χ4n) is 3.88. The molecule has 0 bridgehead atoms. The molecule has 1 heterocycles. The largest absolute Gasteiger partial charge is 0.507 e. The average molecular weight is 389 g/mol. The van der Waals surface area contributed by atoms with E-state index in [1.807, 2.05) is 24.3 Å². The fraction of sp³-hybridized carbons (Fsp3) is 0.370. The lowest BCUT2D eigenvalue weighted by Crippen LogP contribution is -2.38. The Morgan fingerprint density at radius 3 is 2.21 bits per heavy atom. The van der Waals surface area contributed by atoms with Gasteiger partial charge in [-0.05, 0) is 30.7 Å². The number of hydrogen-bond donors (Lipinski definition) is 1. The summed E-state index contributed by atoms with van der Waals surface area (Å²) < 4.78 is 2.42. The Morgan fingerprint density at radius 1 is 0.724 bits per heavy atom. The van der Waals surface area contributed by atoms with Gasteiger partial charge < -0.3 is 5.11 Å². The maximum atomic E-state index is 10.0. The van der Waals surface area contributed by atoms with E-state index in [1.165, 1.54) is 68.0 Å². The average Bonchev–Trinajstić information content (AvgIpc) is 2.75. The minimum Gasteiger partial charge on any atom is -0.507 e. The first-order valence-electron chi connectivity index (χ1n) is 11.2. The van der Waals surface area contributed by atoms with Gasteiger partial charge in [0.15, 0.2) is 0 Å². The van der Waals surface area contributed by atoms with E-state index < -0.39 is 0 Å². The van der Waals surface area contributed by atoms with E-state index in [0.29, 0.717) is 5.75 Å². The van der Waals surface area contributed by atoms with Crippen molar-refractivity contribution in [3.63, 3.8) is 0 Å². The van der Waals surface area contributed by atoms with Crippen molar-refractivity contribution in [2.75, 3.05) is 0 Å². The molecule has 3 rings (SSSR count). The Labute approximate surface area is 175 Å². The zero-order valence-corrected chi connectivity index (χ0v) is 17.7. The van der Waals surface area contributed by atoms with Gasteiger partial charge in [0.05, 0.1) is 0 Å². The summed E-state index contributed by atoms with van der Waals surface area (Å²) in [7, 11) is 0. The molecule has 0 atom stereocenters. The van der Waals surface area contributed by atoms with Gasteiger partial charge in [-0.2, -0.15) is 4.57 Å². The van der Waals surface area contributed by atoms with Gasteiger partial charge in [0.1, 0.15) is 12.3 Å². The van der Waals surface area contributed by atoms with Crippen molar-refractivity contribution in [1.29, 1.82) is 0 Å². The van der Waals surface area contributed by atoms with Crippen molar-refractivity contribution in [3.05, 3.63) is 71.9 Å². The third kappa shape index (κ3) is 6.19. The molecule has 0 radical (unpaired) electrons. The number of nitrogens with zero attached hydrogens (tertiary/aromatic N) is 1. The third-order valence-electron chi connectivity index (χ3n) is 5.58. The summed E-state index contributed by atoms with van der Waals surface area (Å²) in [6.45, 7) is 3.29. The fourth-order valence-corrected chi connectivity index (χ4v) is 3.88. The highest BCUT2D eigenvalue weighted by Gasteiger charge is 2.13. The molecule has 0 fully saturated rings. The molecule has 0 spiro atoms. The van der Waals surface area contributed by atoms with Crippen molar-refractivity contribution in [2.45, 2.75) is 64.8 Å². The van der Waals surface area contributed by atoms with Crippen LogP contribution in [-0.2, 0) is 6.54 Å². The summed E-state index contributed by atoms with van der Waals surface area (Å²) in [4.78, 5) is 0. The van der Waals surface area contributed by atoms with Gasteiger partial charge in [-0.15, -0.1) is 0 Å². The zero-order chi connectivity index (χ0) is 20.3. The molecule has 2 heteroatoms. The lowest BCUT2D eigenvalue weighted by Gasteiger charge is -2.06. The quantitative estimate of drug-likeness (QED) is 0.274. The number of aryl methyl sites for hydroxylation is 1. The van der Waals surface area contributed by atoms with Crippen molar-refractivity contribution in [3.8, 4) is 5.75 Å². The van der Waals surface area contributed by atoms with Gasteiger partial charge in [-0.1, -0.05) is 75.8 Å². The normalized spacial score (nSPS) is 11.5. The molecule has 2 nitrogen and oxygen atoms in total. The predicted molar refractivity (Wildman–Crippen MR) is 124 cm³/mol. The summed E-state index contributed by atoms with van der Waals surface area (Å²) in [6.07, 6.45) is 14.7. The van der Waals surface area contributed by atoms with Crippen LogP contribution in [0, 0.1) is 0 Å². The topological polar surface area (TPSA) is 24.1 Å². The van der Waals surface area contributed by atoms with Crippen LogP contribution in [0.1, 0.15) is 69.5 Å². The molecule has 3 aromatic rings. The molecule has 0 saturated carbocycles. The molecule has 29 heavy (non-hydrogen) atoms. The van der Waals surface area contributed by atoms with E-state index in [4.69, 9.17) is 0 Å². The molecular weight excluding hydrogens is 354 g/mol. The molecule has 2 aromatic carbocycles. The van der Waals surface area contributed by atoms with E-state index in [1.54, 1.807) is 6.07 Å². The molecule has 0 unspecified atom stereocenters. The molecule has 0 amide bonds. The Bertz CT molecular complexity index is 929. The molecule has 1 N–H and O–H groups in total. The van der Waals surface area contributed by atoms with Crippen LogP contribution >= 0.6 is 0 Å². The minimum absolute atomic E-state index is 0.319. The van der Waals surface area contributed by atoms with Crippen LogP contribution in [0.2, 0.25) is 0 Å². The van der Waals surface area contributed by atoms with Gasteiger partial charge in [0.2, 0.25) is 11.2 Å². The van der Waals surface area contributed by atoms with Crippen LogP contribution in [0.15, 0.2) is 60.7 Å². The second kappa shape index (κ2) is 11.4. The van der Waals surface area contributed by atoms with Gasteiger partial charge in [0, 0.05) is 35.6 Å². The number of aromatic nitrogens is 1. The van der Waals surface area contributed by atoms with E-state index in [0.717, 1.165) is 12.1 Å². The number of hydrogen-bond acceptors (Lipinski definition) is 1. The predicted octanol–water partition coefficient (Wildman–Crippen LogP) is 7.14. The number of phenols is 1. The summed E-state index contributed by atoms with van der Waals surface area (Å²) in [6, 6.07) is 20.4. The Morgan fingerprint density at radius 2 is 1.41 bits per heavy atom.